The number of rotatable bonds is 3. The summed E-state index contributed by atoms with van der Waals surface area (Å²) in [5.41, 5.74) is 4.68. The average molecular weight is 190 g/mol. The summed E-state index contributed by atoms with van der Waals surface area (Å²) >= 11 is 1.20. The summed E-state index contributed by atoms with van der Waals surface area (Å²) in [7, 11) is 0. The van der Waals surface area contributed by atoms with Crippen molar-refractivity contribution in [2.45, 2.75) is 40.0 Å². The molecule has 0 spiro atoms. The topological polar surface area (TPSA) is 0 Å². The highest BCUT2D eigenvalue weighted by molar-refractivity contribution is 6.34. The van der Waals surface area contributed by atoms with Gasteiger partial charge in [0.25, 0.3) is 16.3 Å². The molecule has 0 radical (unpaired) electrons. The number of benzene rings is 1. The van der Waals surface area contributed by atoms with E-state index in [1.165, 1.54) is 41.1 Å². The Morgan fingerprint density at radius 3 is 1.69 bits per heavy atom. The van der Waals surface area contributed by atoms with Gasteiger partial charge in [-0.25, -0.2) is 0 Å². The summed E-state index contributed by atoms with van der Waals surface area (Å²) in [5, 5.41) is 0. The number of aryl methyl sites for hydroxylation is 3. The monoisotopic (exact) mass is 190 g/mol. The smallest absolute Gasteiger partial charge is 0.115 e. The van der Waals surface area contributed by atoms with E-state index in [-0.39, 0.29) is 0 Å². The number of hydrogen-bond donors (Lipinski definition) is 0. The molecular weight excluding hydrogens is 171 g/mol. The van der Waals surface area contributed by atoms with Gasteiger partial charge in [0, 0.05) is 0 Å². The maximum atomic E-state index is 2.39. The van der Waals surface area contributed by atoms with Gasteiger partial charge in [-0.05, 0) is 24.8 Å². The van der Waals surface area contributed by atoms with Crippen LogP contribution in [0.4, 0.5) is 0 Å². The zero-order valence-corrected chi connectivity index (χ0v) is 11.3. The first-order valence-corrected chi connectivity index (χ1v) is 6.34. The molecule has 0 aliphatic carbocycles. The Labute approximate surface area is 89.8 Å². The fraction of sp³-hybridized carbons (Fsp3) is 0.500. The zero-order chi connectivity index (χ0) is 9.84. The van der Waals surface area contributed by atoms with Crippen molar-refractivity contribution in [3.63, 3.8) is 0 Å². The second-order valence-corrected chi connectivity index (χ2v) is 4.60. The molecule has 70 valence electrons. The molecular formula is C12H19Al. The molecule has 0 N–H and O–H groups in total. The fourth-order valence-electron chi connectivity index (χ4n) is 1.85. The third-order valence-electron chi connectivity index (χ3n) is 2.85. The summed E-state index contributed by atoms with van der Waals surface area (Å²) < 4.78 is 1.64. The molecule has 1 rings (SSSR count). The largest absolute Gasteiger partial charge is 0.259 e. The van der Waals surface area contributed by atoms with Gasteiger partial charge in [-0.2, -0.15) is 0 Å². The SMILES string of the molecule is CCc1cc(CC)[c]([AlH2])c(CC)c1. The van der Waals surface area contributed by atoms with Crippen LogP contribution in [0.2, 0.25) is 0 Å². The standard InChI is InChI=1S/C12H17.Al.2H/c1-4-10-7-11(5-2)9-12(6-3)8-10;;;/h7-8H,4-6H2,1-3H3;;;. The lowest BCUT2D eigenvalue weighted by Crippen LogP contribution is -2.16. The first kappa shape index (κ1) is 10.8. The summed E-state index contributed by atoms with van der Waals surface area (Å²) in [6, 6.07) is 4.78. The highest BCUT2D eigenvalue weighted by Gasteiger charge is 2.02. The van der Waals surface area contributed by atoms with E-state index >= 15 is 0 Å². The molecule has 0 amide bonds. The lowest BCUT2D eigenvalue weighted by atomic mass is 10.0. The molecule has 0 saturated carbocycles. The van der Waals surface area contributed by atoms with E-state index in [9.17, 15) is 0 Å². The normalized spacial score (nSPS) is 10.4. The molecule has 0 nitrogen and oxygen atoms in total. The second-order valence-electron chi connectivity index (χ2n) is 3.60. The zero-order valence-electron chi connectivity index (χ0n) is 9.28. The molecule has 0 fully saturated rings. The van der Waals surface area contributed by atoms with E-state index in [0.29, 0.717) is 0 Å². The van der Waals surface area contributed by atoms with Gasteiger partial charge >= 0.3 is 0 Å². The van der Waals surface area contributed by atoms with Crippen molar-refractivity contribution in [3.05, 3.63) is 28.8 Å². The van der Waals surface area contributed by atoms with Crippen LogP contribution in [0.25, 0.3) is 0 Å². The van der Waals surface area contributed by atoms with Crippen LogP contribution in [0.5, 0.6) is 0 Å². The molecule has 13 heavy (non-hydrogen) atoms. The molecule has 0 aliphatic heterocycles. The van der Waals surface area contributed by atoms with Crippen LogP contribution in [0, 0.1) is 0 Å². The van der Waals surface area contributed by atoms with Gasteiger partial charge < -0.3 is 0 Å². The van der Waals surface area contributed by atoms with Crippen LogP contribution in [0.15, 0.2) is 12.1 Å². The molecule has 1 aromatic rings. The summed E-state index contributed by atoms with van der Waals surface area (Å²) in [5.74, 6) is 0. The van der Waals surface area contributed by atoms with Crippen LogP contribution in [-0.4, -0.2) is 16.3 Å². The molecule has 1 aromatic carbocycles. The molecule has 0 aromatic heterocycles. The molecule has 0 unspecified atom stereocenters. The Kier molecular flexibility index (Phi) is 4.03. The lowest BCUT2D eigenvalue weighted by molar-refractivity contribution is 1.06. The minimum absolute atomic E-state index is 1.17. The Morgan fingerprint density at radius 1 is 0.923 bits per heavy atom. The van der Waals surface area contributed by atoms with Gasteiger partial charge in [-0.1, -0.05) is 44.0 Å². The van der Waals surface area contributed by atoms with Crippen molar-refractivity contribution in [1.29, 1.82) is 0 Å². The molecule has 0 aliphatic rings. The Balaban J connectivity index is 3.20. The summed E-state index contributed by atoms with van der Waals surface area (Å²) in [6.45, 7) is 6.76. The Hall–Kier alpha value is -0.248. The maximum Gasteiger partial charge on any atom is 0.259 e. The van der Waals surface area contributed by atoms with Crippen LogP contribution in [0.3, 0.4) is 0 Å². The van der Waals surface area contributed by atoms with Crippen molar-refractivity contribution >= 4 is 20.7 Å². The van der Waals surface area contributed by atoms with Gasteiger partial charge in [-0.15, -0.1) is 4.43 Å². The van der Waals surface area contributed by atoms with Crippen molar-refractivity contribution in [2.24, 2.45) is 0 Å². The van der Waals surface area contributed by atoms with E-state index in [1.54, 1.807) is 15.6 Å². The summed E-state index contributed by atoms with van der Waals surface area (Å²) in [6.07, 6.45) is 3.56. The highest BCUT2D eigenvalue weighted by Crippen LogP contribution is 2.09. The fourth-order valence-corrected chi connectivity index (χ4v) is 2.85. The van der Waals surface area contributed by atoms with Gasteiger partial charge in [0.15, 0.2) is 0 Å². The van der Waals surface area contributed by atoms with Crippen molar-refractivity contribution < 1.29 is 0 Å². The average Bonchev–Trinajstić information content (AvgIpc) is 2.18. The van der Waals surface area contributed by atoms with E-state index in [1.807, 2.05) is 0 Å². The molecule has 0 atom stereocenters. The van der Waals surface area contributed by atoms with Gasteiger partial charge in [-0.3, -0.25) is 0 Å². The predicted molar refractivity (Wildman–Crippen MR) is 62.8 cm³/mol. The molecule has 0 heterocycles. The molecule has 0 bridgehead atoms. The first-order valence-electron chi connectivity index (χ1n) is 5.34. The minimum Gasteiger partial charge on any atom is -0.115 e. The van der Waals surface area contributed by atoms with Crippen molar-refractivity contribution in [3.8, 4) is 0 Å². The van der Waals surface area contributed by atoms with E-state index < -0.39 is 0 Å². The lowest BCUT2D eigenvalue weighted by Gasteiger charge is -2.12. The second kappa shape index (κ2) is 4.84. The highest BCUT2D eigenvalue weighted by atomic mass is 27.0. The Bertz CT molecular complexity index is 264. The molecule has 1 heteroatoms. The third-order valence-corrected chi connectivity index (χ3v) is 4.14. The van der Waals surface area contributed by atoms with E-state index in [4.69, 9.17) is 0 Å². The third kappa shape index (κ3) is 2.36. The van der Waals surface area contributed by atoms with Gasteiger partial charge in [0.1, 0.15) is 0 Å². The molecule has 0 saturated heterocycles. The maximum absolute atomic E-state index is 2.39. The predicted octanol–water partition coefficient (Wildman–Crippen LogP) is 1.63. The van der Waals surface area contributed by atoms with Gasteiger partial charge in [0.05, 0.1) is 0 Å². The van der Waals surface area contributed by atoms with Crippen LogP contribution in [-0.2, 0) is 19.3 Å². The van der Waals surface area contributed by atoms with Crippen molar-refractivity contribution in [2.75, 3.05) is 0 Å². The van der Waals surface area contributed by atoms with Crippen molar-refractivity contribution in [1.82, 2.24) is 0 Å². The van der Waals surface area contributed by atoms with Gasteiger partial charge in [0.2, 0.25) is 0 Å². The van der Waals surface area contributed by atoms with Crippen LogP contribution in [0.1, 0.15) is 37.5 Å². The van der Waals surface area contributed by atoms with E-state index in [2.05, 4.69) is 32.9 Å². The minimum atomic E-state index is 1.17. The first-order chi connectivity index (χ1) is 6.22. The van der Waals surface area contributed by atoms with Crippen LogP contribution >= 0.6 is 0 Å². The number of hydrogen-bond acceptors (Lipinski definition) is 0. The van der Waals surface area contributed by atoms with E-state index in [0.717, 1.165) is 0 Å². The quantitative estimate of drug-likeness (QED) is 0.636. The summed E-state index contributed by atoms with van der Waals surface area (Å²) in [4.78, 5) is 0. The van der Waals surface area contributed by atoms with Crippen LogP contribution < -0.4 is 4.43 Å². The Morgan fingerprint density at radius 2 is 1.38 bits per heavy atom.